The molecule has 0 N–H and O–H groups in total. The number of nitrogens with zero attached hydrogens (tertiary/aromatic N) is 1. The smallest absolute Gasteiger partial charge is 0 e. The van der Waals surface area contributed by atoms with Crippen LogP contribution in [-0.2, 0) is 0 Å². The van der Waals surface area contributed by atoms with Gasteiger partial charge in [-0.1, -0.05) is 0 Å². The summed E-state index contributed by atoms with van der Waals surface area (Å²) in [7, 11) is 2.17. The Morgan fingerprint density at radius 3 is 1.71 bits per heavy atom. The molecule has 0 aromatic carbocycles. The van der Waals surface area contributed by atoms with Crippen LogP contribution >= 0.6 is 0 Å². The van der Waals surface area contributed by atoms with Crippen molar-refractivity contribution in [1.82, 2.24) is 4.90 Å². The molecule has 0 bridgehead atoms. The van der Waals surface area contributed by atoms with Crippen LogP contribution < -0.4 is 0 Å². The van der Waals surface area contributed by atoms with Crippen LogP contribution in [0.1, 0.15) is 12.8 Å². The maximum Gasteiger partial charge on any atom is 0 e. The van der Waals surface area contributed by atoms with Gasteiger partial charge < -0.3 is 4.90 Å². The average Bonchev–Trinajstić information content (AvgIpc) is 1.86. The van der Waals surface area contributed by atoms with Crippen molar-refractivity contribution >= 4 is 51.4 Å². The van der Waals surface area contributed by atoms with E-state index in [4.69, 9.17) is 0 Å². The van der Waals surface area contributed by atoms with Crippen LogP contribution in [0.15, 0.2) is 0 Å². The summed E-state index contributed by atoms with van der Waals surface area (Å²) in [6, 6.07) is 0. The maximum absolute atomic E-state index is 2.36. The minimum Gasteiger partial charge on any atom is -0.306 e. The summed E-state index contributed by atoms with van der Waals surface area (Å²) in [5.41, 5.74) is 0. The van der Waals surface area contributed by atoms with Crippen LogP contribution in [0, 0.1) is 0 Å². The fourth-order valence-corrected chi connectivity index (χ4v) is 0.875. The fraction of sp³-hybridized carbons (Fsp3) is 1.00. The van der Waals surface area contributed by atoms with Crippen LogP contribution in [0.5, 0.6) is 0 Å². The number of rotatable bonds is 0. The van der Waals surface area contributed by atoms with Gasteiger partial charge in [0.25, 0.3) is 0 Å². The number of hydrogen-bond donors (Lipinski definition) is 0. The van der Waals surface area contributed by atoms with Crippen LogP contribution in [0.3, 0.4) is 0 Å². The molecule has 0 aromatic rings. The first-order valence-electron chi connectivity index (χ1n) is 2.58. The molecule has 37 valence electrons. The zero-order chi connectivity index (χ0) is 4.41. The van der Waals surface area contributed by atoms with E-state index in [9.17, 15) is 0 Å². The first kappa shape index (κ1) is 8.60. The Kier molecular flexibility index (Phi) is 5.49. The molecule has 1 fully saturated rings. The van der Waals surface area contributed by atoms with Gasteiger partial charge in [0.2, 0.25) is 0 Å². The largest absolute Gasteiger partial charge is 0.306 e. The average molecular weight is 124 g/mol. The zero-order valence-electron chi connectivity index (χ0n) is 5.28. The second-order valence-corrected chi connectivity index (χ2v) is 2.01. The molecule has 0 amide bonds. The molecule has 2 heteroatoms. The van der Waals surface area contributed by atoms with Crippen molar-refractivity contribution in [2.45, 2.75) is 12.8 Å². The minimum absolute atomic E-state index is 0. The second-order valence-electron chi connectivity index (χ2n) is 2.01. The Bertz CT molecular complexity index is 41.3. The third kappa shape index (κ3) is 3.22. The first-order valence-corrected chi connectivity index (χ1v) is 2.58. The summed E-state index contributed by atoms with van der Waals surface area (Å²) < 4.78 is 0. The van der Waals surface area contributed by atoms with E-state index in [2.05, 4.69) is 11.9 Å². The van der Waals surface area contributed by atoms with Crippen LogP contribution in [0.4, 0.5) is 0 Å². The normalized spacial score (nSPS) is 21.9. The van der Waals surface area contributed by atoms with Crippen molar-refractivity contribution in [2.75, 3.05) is 20.1 Å². The van der Waals surface area contributed by atoms with Crippen molar-refractivity contribution < 1.29 is 0 Å². The third-order valence-corrected chi connectivity index (χ3v) is 1.33. The fourth-order valence-electron chi connectivity index (χ4n) is 0.875. The first-order chi connectivity index (χ1) is 2.89. The van der Waals surface area contributed by atoms with E-state index in [0.717, 1.165) is 0 Å². The van der Waals surface area contributed by atoms with Crippen LogP contribution in [-0.4, -0.2) is 76.4 Å². The molecule has 1 saturated heterocycles. The van der Waals surface area contributed by atoms with Crippen LogP contribution in [0.25, 0.3) is 0 Å². The monoisotopic (exact) mass is 124 g/mol. The molecule has 1 nitrogen and oxygen atoms in total. The van der Waals surface area contributed by atoms with E-state index < -0.39 is 0 Å². The molecular weight excluding hydrogens is 113 g/mol. The van der Waals surface area contributed by atoms with Crippen molar-refractivity contribution in [3.63, 3.8) is 0 Å². The molecule has 1 aliphatic heterocycles. The van der Waals surface area contributed by atoms with E-state index in [1.54, 1.807) is 0 Å². The van der Waals surface area contributed by atoms with E-state index in [0.29, 0.717) is 0 Å². The Morgan fingerprint density at radius 2 is 1.57 bits per heavy atom. The molecule has 1 aliphatic rings. The number of likely N-dealkylation sites (tertiary alicyclic amines) is 1. The molecule has 0 spiro atoms. The Labute approximate surface area is 87.9 Å². The van der Waals surface area contributed by atoms with Gasteiger partial charge in [-0.05, 0) is 33.0 Å². The maximum atomic E-state index is 2.36. The molecule has 7 heavy (non-hydrogen) atoms. The summed E-state index contributed by atoms with van der Waals surface area (Å²) in [5.74, 6) is 0. The standard InChI is InChI=1S/C5H11N.K/c1-6-4-2-3-5-6;/h2-5H2,1H3;. The van der Waals surface area contributed by atoms with E-state index in [1.807, 2.05) is 0 Å². The predicted octanol–water partition coefficient (Wildman–Crippen LogP) is 0.331. The summed E-state index contributed by atoms with van der Waals surface area (Å²) in [6.45, 7) is 2.64. The SMILES string of the molecule is CN1CCCC1.[K]. The second kappa shape index (κ2) is 4.47. The van der Waals surface area contributed by atoms with E-state index in [1.165, 1.54) is 25.9 Å². The van der Waals surface area contributed by atoms with E-state index in [-0.39, 0.29) is 51.4 Å². The summed E-state index contributed by atoms with van der Waals surface area (Å²) in [5, 5.41) is 0. The van der Waals surface area contributed by atoms with Crippen molar-refractivity contribution in [3.8, 4) is 0 Å². The Balaban J connectivity index is 0.000000360. The Hall–Kier alpha value is 1.60. The summed E-state index contributed by atoms with van der Waals surface area (Å²) >= 11 is 0. The van der Waals surface area contributed by atoms with Crippen molar-refractivity contribution in [1.29, 1.82) is 0 Å². The van der Waals surface area contributed by atoms with Gasteiger partial charge in [0.05, 0.1) is 0 Å². The summed E-state index contributed by atoms with van der Waals surface area (Å²) in [6.07, 6.45) is 2.83. The van der Waals surface area contributed by atoms with Gasteiger partial charge in [0, 0.05) is 51.4 Å². The van der Waals surface area contributed by atoms with Crippen LogP contribution in [0.2, 0.25) is 0 Å². The molecular formula is C5H11KN. The van der Waals surface area contributed by atoms with Gasteiger partial charge in [0.1, 0.15) is 0 Å². The quantitative estimate of drug-likeness (QED) is 0.421. The van der Waals surface area contributed by atoms with Gasteiger partial charge in [-0.25, -0.2) is 0 Å². The molecule has 0 aliphatic carbocycles. The minimum atomic E-state index is 0. The molecule has 1 rings (SSSR count). The molecule has 1 radical (unpaired) electrons. The van der Waals surface area contributed by atoms with E-state index >= 15 is 0 Å². The molecule has 0 saturated carbocycles. The Morgan fingerprint density at radius 1 is 1.14 bits per heavy atom. The predicted molar refractivity (Wildman–Crippen MR) is 32.5 cm³/mol. The van der Waals surface area contributed by atoms with Crippen molar-refractivity contribution in [3.05, 3.63) is 0 Å². The summed E-state index contributed by atoms with van der Waals surface area (Å²) in [4.78, 5) is 2.36. The van der Waals surface area contributed by atoms with Gasteiger partial charge >= 0.3 is 0 Å². The van der Waals surface area contributed by atoms with Gasteiger partial charge in [0.15, 0.2) is 0 Å². The topological polar surface area (TPSA) is 3.24 Å². The molecule has 1 heterocycles. The van der Waals surface area contributed by atoms with Crippen molar-refractivity contribution in [2.24, 2.45) is 0 Å². The third-order valence-electron chi connectivity index (χ3n) is 1.33. The molecule has 0 unspecified atom stereocenters. The van der Waals surface area contributed by atoms with Gasteiger partial charge in [-0.3, -0.25) is 0 Å². The molecule has 0 aromatic heterocycles. The van der Waals surface area contributed by atoms with Gasteiger partial charge in [-0.15, -0.1) is 0 Å². The molecule has 0 atom stereocenters. The van der Waals surface area contributed by atoms with Gasteiger partial charge in [-0.2, -0.15) is 0 Å². The number of hydrogen-bond acceptors (Lipinski definition) is 1. The zero-order valence-corrected chi connectivity index (χ0v) is 8.40.